The number of hydrogen-bond acceptors (Lipinski definition) is 5. The summed E-state index contributed by atoms with van der Waals surface area (Å²) in [6, 6.07) is 0. The fourth-order valence-corrected chi connectivity index (χ4v) is 2.70. The van der Waals surface area contributed by atoms with Crippen LogP contribution in [0, 0.1) is 6.92 Å². The summed E-state index contributed by atoms with van der Waals surface area (Å²) in [5.74, 6) is 0.724. The number of nitrogens with one attached hydrogen (secondary N) is 2. The van der Waals surface area contributed by atoms with Gasteiger partial charge in [-0.1, -0.05) is 6.92 Å². The van der Waals surface area contributed by atoms with Gasteiger partial charge in [-0.2, -0.15) is 5.10 Å². The standard InChI is InChI=1S/C17H24N6O/c1-4-15-14(10-23(3)22-15)16(24)20-11-17(5-6-17)21-9-13-7-18-12(2)19-8-13/h7-8,10,21H,4-6,9,11H2,1-3H3,(H,20,24). The van der Waals surface area contributed by atoms with Crippen molar-refractivity contribution >= 4 is 5.91 Å². The Morgan fingerprint density at radius 1 is 1.33 bits per heavy atom. The van der Waals surface area contributed by atoms with Crippen molar-refractivity contribution in [2.75, 3.05) is 6.54 Å². The molecule has 0 spiro atoms. The fourth-order valence-electron chi connectivity index (χ4n) is 2.70. The lowest BCUT2D eigenvalue weighted by atomic mass is 10.2. The van der Waals surface area contributed by atoms with E-state index in [0.29, 0.717) is 18.7 Å². The molecule has 3 rings (SSSR count). The second-order valence-corrected chi connectivity index (χ2v) is 6.47. The van der Waals surface area contributed by atoms with E-state index < -0.39 is 0 Å². The molecule has 2 aromatic rings. The summed E-state index contributed by atoms with van der Waals surface area (Å²) in [5.41, 5.74) is 2.56. The summed E-state index contributed by atoms with van der Waals surface area (Å²) >= 11 is 0. The SMILES string of the molecule is CCc1nn(C)cc1C(=O)NCC1(NCc2cnc(C)nc2)CC1. The summed E-state index contributed by atoms with van der Waals surface area (Å²) in [4.78, 5) is 20.8. The molecule has 0 bridgehead atoms. The highest BCUT2D eigenvalue weighted by atomic mass is 16.1. The minimum Gasteiger partial charge on any atom is -0.350 e. The number of aryl methyl sites for hydroxylation is 3. The number of rotatable bonds is 7. The van der Waals surface area contributed by atoms with Crippen LogP contribution in [0.15, 0.2) is 18.6 Å². The van der Waals surface area contributed by atoms with E-state index in [2.05, 4.69) is 25.7 Å². The minimum absolute atomic E-state index is 0.00483. The molecule has 7 heteroatoms. The molecule has 0 saturated heterocycles. The Kier molecular flexibility index (Phi) is 4.62. The number of aromatic nitrogens is 4. The third-order valence-corrected chi connectivity index (χ3v) is 4.43. The Morgan fingerprint density at radius 3 is 2.67 bits per heavy atom. The summed E-state index contributed by atoms with van der Waals surface area (Å²) in [5, 5.41) is 10.9. The number of carbonyl (C=O) groups is 1. The van der Waals surface area contributed by atoms with Crippen LogP contribution in [0.25, 0.3) is 0 Å². The highest BCUT2D eigenvalue weighted by Crippen LogP contribution is 2.35. The number of carbonyl (C=O) groups excluding carboxylic acids is 1. The van der Waals surface area contributed by atoms with Crippen LogP contribution in [0.5, 0.6) is 0 Å². The van der Waals surface area contributed by atoms with Crippen LogP contribution < -0.4 is 10.6 Å². The average Bonchev–Trinajstić information content (AvgIpc) is 3.25. The topological polar surface area (TPSA) is 84.7 Å². The van der Waals surface area contributed by atoms with Gasteiger partial charge in [0.25, 0.3) is 5.91 Å². The second-order valence-electron chi connectivity index (χ2n) is 6.47. The predicted molar refractivity (Wildman–Crippen MR) is 90.5 cm³/mol. The third-order valence-electron chi connectivity index (χ3n) is 4.43. The molecule has 1 fully saturated rings. The fraction of sp³-hybridized carbons (Fsp3) is 0.529. The molecule has 2 N–H and O–H groups in total. The highest BCUT2D eigenvalue weighted by Gasteiger charge is 2.42. The van der Waals surface area contributed by atoms with Gasteiger partial charge >= 0.3 is 0 Å². The first-order chi connectivity index (χ1) is 11.5. The highest BCUT2D eigenvalue weighted by molar-refractivity contribution is 5.95. The Morgan fingerprint density at radius 2 is 2.04 bits per heavy atom. The van der Waals surface area contributed by atoms with Crippen molar-refractivity contribution in [3.8, 4) is 0 Å². The van der Waals surface area contributed by atoms with E-state index in [-0.39, 0.29) is 11.4 Å². The van der Waals surface area contributed by atoms with Crippen molar-refractivity contribution in [2.45, 2.75) is 45.2 Å². The molecule has 0 aliphatic heterocycles. The van der Waals surface area contributed by atoms with Crippen LogP contribution in [0.4, 0.5) is 0 Å². The van der Waals surface area contributed by atoms with E-state index in [9.17, 15) is 4.79 Å². The smallest absolute Gasteiger partial charge is 0.254 e. The molecule has 0 unspecified atom stereocenters. The quantitative estimate of drug-likeness (QED) is 0.796. The van der Waals surface area contributed by atoms with Crippen molar-refractivity contribution in [1.82, 2.24) is 30.4 Å². The van der Waals surface area contributed by atoms with Gasteiger partial charge in [-0.25, -0.2) is 9.97 Å². The molecule has 1 amide bonds. The molecule has 7 nitrogen and oxygen atoms in total. The number of hydrogen-bond donors (Lipinski definition) is 2. The van der Waals surface area contributed by atoms with Crippen molar-refractivity contribution < 1.29 is 4.79 Å². The lowest BCUT2D eigenvalue weighted by Crippen LogP contribution is -2.42. The number of nitrogens with zero attached hydrogens (tertiary/aromatic N) is 4. The Labute approximate surface area is 141 Å². The van der Waals surface area contributed by atoms with Crippen molar-refractivity contribution in [3.05, 3.63) is 41.2 Å². The Hall–Kier alpha value is -2.28. The van der Waals surface area contributed by atoms with Gasteiger partial charge in [0.05, 0.1) is 11.3 Å². The largest absolute Gasteiger partial charge is 0.350 e. The van der Waals surface area contributed by atoms with Gasteiger partial charge in [-0.3, -0.25) is 9.48 Å². The molecule has 128 valence electrons. The maximum absolute atomic E-state index is 12.4. The maximum atomic E-state index is 12.4. The molecule has 1 aliphatic rings. The molecule has 1 aliphatic carbocycles. The first-order valence-electron chi connectivity index (χ1n) is 8.34. The first kappa shape index (κ1) is 16.6. The zero-order valence-corrected chi connectivity index (χ0v) is 14.5. The van der Waals surface area contributed by atoms with Crippen LogP contribution in [0.3, 0.4) is 0 Å². The van der Waals surface area contributed by atoms with Gasteiger partial charge < -0.3 is 10.6 Å². The molecule has 0 radical (unpaired) electrons. The van der Waals surface area contributed by atoms with Gasteiger partial charge in [0.1, 0.15) is 5.82 Å². The molecule has 2 aromatic heterocycles. The van der Waals surface area contributed by atoms with E-state index in [1.165, 1.54) is 0 Å². The molecular formula is C17H24N6O. The maximum Gasteiger partial charge on any atom is 0.254 e. The number of amides is 1. The lowest BCUT2D eigenvalue weighted by molar-refractivity contribution is 0.0946. The van der Waals surface area contributed by atoms with E-state index >= 15 is 0 Å². The normalized spacial score (nSPS) is 15.3. The van der Waals surface area contributed by atoms with Crippen molar-refractivity contribution in [3.63, 3.8) is 0 Å². The monoisotopic (exact) mass is 328 g/mol. The van der Waals surface area contributed by atoms with Crippen LogP contribution in [0.2, 0.25) is 0 Å². The molecule has 0 atom stereocenters. The summed E-state index contributed by atoms with van der Waals surface area (Å²) in [7, 11) is 1.84. The van der Waals surface area contributed by atoms with E-state index in [4.69, 9.17) is 0 Å². The van der Waals surface area contributed by atoms with E-state index in [1.807, 2.05) is 33.3 Å². The zero-order valence-electron chi connectivity index (χ0n) is 14.5. The van der Waals surface area contributed by atoms with Crippen LogP contribution in [-0.4, -0.2) is 37.7 Å². The first-order valence-corrected chi connectivity index (χ1v) is 8.34. The Balaban J connectivity index is 1.53. The minimum atomic E-state index is -0.0494. The molecule has 1 saturated carbocycles. The molecule has 24 heavy (non-hydrogen) atoms. The Bertz CT molecular complexity index is 717. The van der Waals surface area contributed by atoms with Gasteiger partial charge in [-0.05, 0) is 26.2 Å². The average molecular weight is 328 g/mol. The second kappa shape index (κ2) is 6.68. The van der Waals surface area contributed by atoms with Crippen molar-refractivity contribution in [2.24, 2.45) is 7.05 Å². The molecule has 2 heterocycles. The summed E-state index contributed by atoms with van der Waals surface area (Å²) in [6.45, 7) is 5.21. The zero-order chi connectivity index (χ0) is 17.2. The van der Waals surface area contributed by atoms with Gasteiger partial charge in [0.2, 0.25) is 0 Å². The predicted octanol–water partition coefficient (Wildman–Crippen LogP) is 1.13. The van der Waals surface area contributed by atoms with Gasteiger partial charge in [-0.15, -0.1) is 0 Å². The molecule has 0 aromatic carbocycles. The van der Waals surface area contributed by atoms with Gasteiger partial charge in [0, 0.05) is 49.8 Å². The van der Waals surface area contributed by atoms with E-state index in [0.717, 1.165) is 36.3 Å². The summed E-state index contributed by atoms with van der Waals surface area (Å²) < 4.78 is 1.69. The van der Waals surface area contributed by atoms with Crippen LogP contribution >= 0.6 is 0 Å². The summed E-state index contributed by atoms with van der Waals surface area (Å²) in [6.07, 6.45) is 8.34. The van der Waals surface area contributed by atoms with Crippen LogP contribution in [0.1, 0.15) is 47.2 Å². The van der Waals surface area contributed by atoms with Crippen molar-refractivity contribution in [1.29, 1.82) is 0 Å². The lowest BCUT2D eigenvalue weighted by Gasteiger charge is -2.18. The van der Waals surface area contributed by atoms with Crippen LogP contribution in [-0.2, 0) is 20.0 Å². The molecular weight excluding hydrogens is 304 g/mol. The van der Waals surface area contributed by atoms with Gasteiger partial charge in [0.15, 0.2) is 0 Å². The van der Waals surface area contributed by atoms with E-state index in [1.54, 1.807) is 10.9 Å². The third kappa shape index (κ3) is 3.79.